The number of hydrogen-bond donors (Lipinski definition) is 1. The Labute approximate surface area is 119 Å². The first-order valence-electron chi connectivity index (χ1n) is 6.55. The van der Waals surface area contributed by atoms with Crippen molar-refractivity contribution in [1.82, 2.24) is 9.38 Å². The van der Waals surface area contributed by atoms with Gasteiger partial charge in [-0.25, -0.2) is 4.98 Å². The molecule has 3 heterocycles. The Morgan fingerprint density at radius 1 is 1.10 bits per heavy atom. The fourth-order valence-electron chi connectivity index (χ4n) is 2.52. The van der Waals surface area contributed by atoms with Crippen molar-refractivity contribution in [2.45, 2.75) is 0 Å². The summed E-state index contributed by atoms with van der Waals surface area (Å²) in [6.45, 7) is 1.07. The molecule has 0 saturated heterocycles. The number of ether oxygens (including phenoxy) is 2. The summed E-state index contributed by atoms with van der Waals surface area (Å²) in [5.41, 5.74) is 7.88. The molecule has 3 aromatic rings. The van der Waals surface area contributed by atoms with Crippen molar-refractivity contribution in [2.24, 2.45) is 0 Å². The molecule has 0 spiro atoms. The van der Waals surface area contributed by atoms with Crippen LogP contribution in [0.15, 0.2) is 36.5 Å². The molecular weight excluding hydrogens is 273 g/mol. The topological polar surface area (TPSA) is 61.8 Å². The number of nitrogens with two attached hydrogens (primary N) is 1. The molecule has 0 unspecified atom stereocenters. The van der Waals surface area contributed by atoms with Crippen LogP contribution in [0.25, 0.3) is 16.8 Å². The van der Waals surface area contributed by atoms with Crippen LogP contribution >= 0.6 is 0 Å². The van der Waals surface area contributed by atoms with E-state index in [9.17, 15) is 4.39 Å². The van der Waals surface area contributed by atoms with Gasteiger partial charge in [0, 0.05) is 5.56 Å². The molecule has 1 aromatic carbocycles. The molecule has 0 atom stereocenters. The van der Waals surface area contributed by atoms with E-state index < -0.39 is 5.95 Å². The fraction of sp³-hybridized carbons (Fsp3) is 0.133. The molecule has 1 aliphatic rings. The Hall–Kier alpha value is -2.76. The number of anilines is 1. The van der Waals surface area contributed by atoms with E-state index in [0.717, 1.165) is 11.1 Å². The Kier molecular flexibility index (Phi) is 2.50. The number of hydrogen-bond acceptors (Lipinski definition) is 4. The molecule has 106 valence electrons. The largest absolute Gasteiger partial charge is 0.486 e. The van der Waals surface area contributed by atoms with Crippen LogP contribution in [0.3, 0.4) is 0 Å². The minimum absolute atomic E-state index is 0.266. The van der Waals surface area contributed by atoms with Crippen LogP contribution in [0.1, 0.15) is 0 Å². The van der Waals surface area contributed by atoms with Gasteiger partial charge in [0.05, 0.1) is 6.20 Å². The summed E-state index contributed by atoms with van der Waals surface area (Å²) >= 11 is 0. The predicted molar refractivity (Wildman–Crippen MR) is 76.0 cm³/mol. The van der Waals surface area contributed by atoms with Gasteiger partial charge in [0.25, 0.3) is 0 Å². The van der Waals surface area contributed by atoms with Gasteiger partial charge in [-0.3, -0.25) is 4.40 Å². The maximum atomic E-state index is 13.8. The van der Waals surface area contributed by atoms with Crippen LogP contribution in [0.5, 0.6) is 11.5 Å². The van der Waals surface area contributed by atoms with Crippen molar-refractivity contribution in [3.63, 3.8) is 0 Å². The SMILES string of the molecule is Nc1cnc2c(-c3ccc4c(c3)OCCO4)ccc(F)n12. The molecule has 6 heteroatoms. The van der Waals surface area contributed by atoms with Gasteiger partial charge >= 0.3 is 0 Å². The highest BCUT2D eigenvalue weighted by Crippen LogP contribution is 2.36. The third-order valence-corrected chi connectivity index (χ3v) is 3.48. The quantitative estimate of drug-likeness (QED) is 0.698. The van der Waals surface area contributed by atoms with E-state index >= 15 is 0 Å². The van der Waals surface area contributed by atoms with Crippen molar-refractivity contribution >= 4 is 11.5 Å². The number of benzene rings is 1. The smallest absolute Gasteiger partial charge is 0.201 e. The van der Waals surface area contributed by atoms with Crippen molar-refractivity contribution in [3.8, 4) is 22.6 Å². The zero-order valence-corrected chi connectivity index (χ0v) is 11.0. The summed E-state index contributed by atoms with van der Waals surface area (Å²) in [5.74, 6) is 1.22. The van der Waals surface area contributed by atoms with Crippen LogP contribution in [0.4, 0.5) is 10.2 Å². The number of nitrogen functional groups attached to an aromatic ring is 1. The minimum atomic E-state index is -0.443. The first-order chi connectivity index (χ1) is 10.2. The molecule has 0 bridgehead atoms. The Balaban J connectivity index is 1.92. The van der Waals surface area contributed by atoms with Gasteiger partial charge in [0.1, 0.15) is 24.7 Å². The van der Waals surface area contributed by atoms with Crippen molar-refractivity contribution < 1.29 is 13.9 Å². The third-order valence-electron chi connectivity index (χ3n) is 3.48. The van der Waals surface area contributed by atoms with Gasteiger partial charge in [-0.05, 0) is 29.8 Å². The standard InChI is InChI=1S/C15H12FN3O2/c16-13-4-2-10(15-18-8-14(17)19(13)15)9-1-3-11-12(7-9)21-6-5-20-11/h1-4,7-8H,5-6,17H2. The Morgan fingerprint density at radius 3 is 2.76 bits per heavy atom. The number of aromatic nitrogens is 2. The van der Waals surface area contributed by atoms with Crippen LogP contribution in [0, 0.1) is 5.95 Å². The average Bonchev–Trinajstić information content (AvgIpc) is 2.90. The van der Waals surface area contributed by atoms with E-state index in [1.54, 1.807) is 6.07 Å². The van der Waals surface area contributed by atoms with Gasteiger partial charge < -0.3 is 15.2 Å². The van der Waals surface area contributed by atoms with Gasteiger partial charge in [0.2, 0.25) is 5.95 Å². The number of halogens is 1. The molecule has 0 saturated carbocycles. The van der Waals surface area contributed by atoms with E-state index in [1.807, 2.05) is 18.2 Å². The van der Waals surface area contributed by atoms with Crippen LogP contribution < -0.4 is 15.2 Å². The molecule has 2 aromatic heterocycles. The number of rotatable bonds is 1. The van der Waals surface area contributed by atoms with Crippen molar-refractivity contribution in [2.75, 3.05) is 18.9 Å². The van der Waals surface area contributed by atoms with Crippen molar-refractivity contribution in [3.05, 3.63) is 42.5 Å². The molecule has 21 heavy (non-hydrogen) atoms. The van der Waals surface area contributed by atoms with Crippen LogP contribution in [-0.2, 0) is 0 Å². The first-order valence-corrected chi connectivity index (χ1v) is 6.55. The highest BCUT2D eigenvalue weighted by Gasteiger charge is 2.16. The minimum Gasteiger partial charge on any atom is -0.486 e. The molecule has 0 fully saturated rings. The second-order valence-electron chi connectivity index (χ2n) is 4.77. The predicted octanol–water partition coefficient (Wildman–Crippen LogP) is 2.49. The van der Waals surface area contributed by atoms with E-state index in [4.69, 9.17) is 15.2 Å². The molecule has 2 N–H and O–H groups in total. The highest BCUT2D eigenvalue weighted by atomic mass is 19.1. The van der Waals surface area contributed by atoms with Gasteiger partial charge in [-0.1, -0.05) is 6.07 Å². The van der Waals surface area contributed by atoms with Gasteiger partial charge in [-0.15, -0.1) is 0 Å². The Morgan fingerprint density at radius 2 is 1.90 bits per heavy atom. The average molecular weight is 285 g/mol. The highest BCUT2D eigenvalue weighted by molar-refractivity contribution is 5.80. The summed E-state index contributed by atoms with van der Waals surface area (Å²) in [6, 6.07) is 8.66. The van der Waals surface area contributed by atoms with Crippen molar-refractivity contribution in [1.29, 1.82) is 0 Å². The molecule has 0 aliphatic carbocycles. The second kappa shape index (κ2) is 4.37. The molecular formula is C15H12FN3O2. The molecule has 5 nitrogen and oxygen atoms in total. The molecule has 1 aliphatic heterocycles. The summed E-state index contributed by atoms with van der Waals surface area (Å²) in [5, 5.41) is 0. The first kappa shape index (κ1) is 12.0. The van der Waals surface area contributed by atoms with Crippen LogP contribution in [-0.4, -0.2) is 22.6 Å². The zero-order valence-electron chi connectivity index (χ0n) is 11.0. The number of imidazole rings is 1. The lowest BCUT2D eigenvalue weighted by Crippen LogP contribution is -2.15. The van der Waals surface area contributed by atoms with Gasteiger partial charge in [-0.2, -0.15) is 4.39 Å². The van der Waals surface area contributed by atoms with E-state index in [2.05, 4.69) is 4.98 Å². The number of nitrogens with zero attached hydrogens (tertiary/aromatic N) is 2. The maximum Gasteiger partial charge on any atom is 0.201 e. The summed E-state index contributed by atoms with van der Waals surface area (Å²) in [6.07, 6.45) is 1.44. The molecule has 0 radical (unpaired) electrons. The van der Waals surface area contributed by atoms with Gasteiger partial charge in [0.15, 0.2) is 11.5 Å². The van der Waals surface area contributed by atoms with E-state index in [1.165, 1.54) is 16.7 Å². The molecule has 4 rings (SSSR count). The van der Waals surface area contributed by atoms with E-state index in [-0.39, 0.29) is 5.82 Å². The number of pyridine rings is 1. The molecule has 0 amide bonds. The Bertz CT molecular complexity index is 844. The third kappa shape index (κ3) is 1.79. The zero-order chi connectivity index (χ0) is 14.4. The monoisotopic (exact) mass is 285 g/mol. The summed E-state index contributed by atoms with van der Waals surface area (Å²) in [7, 11) is 0. The summed E-state index contributed by atoms with van der Waals surface area (Å²) in [4.78, 5) is 4.19. The summed E-state index contributed by atoms with van der Waals surface area (Å²) < 4.78 is 26.2. The second-order valence-corrected chi connectivity index (χ2v) is 4.77. The lowest BCUT2D eigenvalue weighted by molar-refractivity contribution is 0.171. The lowest BCUT2D eigenvalue weighted by Gasteiger charge is -2.19. The maximum absolute atomic E-state index is 13.8. The lowest BCUT2D eigenvalue weighted by atomic mass is 10.1. The van der Waals surface area contributed by atoms with Crippen LogP contribution in [0.2, 0.25) is 0 Å². The van der Waals surface area contributed by atoms with E-state index in [0.29, 0.717) is 30.4 Å². The number of fused-ring (bicyclic) bond motifs is 2. The normalized spacial score (nSPS) is 13.6. The fourth-order valence-corrected chi connectivity index (χ4v) is 2.52.